The van der Waals surface area contributed by atoms with Crippen molar-refractivity contribution in [3.05, 3.63) is 12.2 Å². The number of rotatable bonds is 3. The highest BCUT2D eigenvalue weighted by atomic mass is 16.4. The van der Waals surface area contributed by atoms with Crippen molar-refractivity contribution >= 4 is 11.9 Å². The largest absolute Gasteiger partial charge is 0.481 e. The molecule has 2 bridgehead atoms. The van der Waals surface area contributed by atoms with Gasteiger partial charge in [0, 0.05) is 12.0 Å². The van der Waals surface area contributed by atoms with Crippen molar-refractivity contribution in [3.63, 3.8) is 0 Å². The standard InChI is InChI=1S/C13H17NO3/c15-12(11-4-7-1-2-8(11)3-7)14-10-5-9(6-10)13(16)17/h1-2,7-11H,3-6H2,(H,14,15)(H,16,17)/t7-,8-,9?,10?,11+/m0/s1. The number of carboxylic acids is 1. The number of carboxylic acid groups (broad SMARTS) is 1. The smallest absolute Gasteiger partial charge is 0.306 e. The van der Waals surface area contributed by atoms with Crippen molar-refractivity contribution in [2.24, 2.45) is 23.7 Å². The molecule has 3 aliphatic rings. The quantitative estimate of drug-likeness (QED) is 0.722. The van der Waals surface area contributed by atoms with Gasteiger partial charge in [0.2, 0.25) is 5.91 Å². The van der Waals surface area contributed by atoms with E-state index >= 15 is 0 Å². The molecule has 17 heavy (non-hydrogen) atoms. The number of hydrogen-bond acceptors (Lipinski definition) is 2. The third kappa shape index (κ3) is 1.85. The average Bonchev–Trinajstić information content (AvgIpc) is 2.83. The summed E-state index contributed by atoms with van der Waals surface area (Å²) < 4.78 is 0. The molecule has 0 saturated heterocycles. The van der Waals surface area contributed by atoms with Gasteiger partial charge < -0.3 is 10.4 Å². The van der Waals surface area contributed by atoms with Crippen LogP contribution < -0.4 is 5.32 Å². The number of carbonyl (C=O) groups excluding carboxylic acids is 1. The molecule has 0 heterocycles. The number of allylic oxidation sites excluding steroid dienone is 2. The van der Waals surface area contributed by atoms with E-state index in [1.54, 1.807) is 0 Å². The topological polar surface area (TPSA) is 66.4 Å². The van der Waals surface area contributed by atoms with Crippen LogP contribution in [0.2, 0.25) is 0 Å². The molecule has 2 N–H and O–H groups in total. The van der Waals surface area contributed by atoms with E-state index in [-0.39, 0.29) is 23.8 Å². The highest BCUT2D eigenvalue weighted by Gasteiger charge is 2.42. The van der Waals surface area contributed by atoms with Gasteiger partial charge in [0.15, 0.2) is 0 Å². The summed E-state index contributed by atoms with van der Waals surface area (Å²) in [6, 6.07) is 0.0895. The van der Waals surface area contributed by atoms with Crippen molar-refractivity contribution in [2.75, 3.05) is 0 Å². The van der Waals surface area contributed by atoms with Crippen LogP contribution >= 0.6 is 0 Å². The number of fused-ring (bicyclic) bond motifs is 2. The summed E-state index contributed by atoms with van der Waals surface area (Å²) >= 11 is 0. The lowest BCUT2D eigenvalue weighted by Gasteiger charge is -2.34. The third-order valence-electron chi connectivity index (χ3n) is 4.45. The Morgan fingerprint density at radius 3 is 2.41 bits per heavy atom. The monoisotopic (exact) mass is 235 g/mol. The molecule has 0 spiro atoms. The van der Waals surface area contributed by atoms with Crippen molar-refractivity contribution in [2.45, 2.75) is 31.7 Å². The minimum Gasteiger partial charge on any atom is -0.481 e. The fraction of sp³-hybridized carbons (Fsp3) is 0.692. The van der Waals surface area contributed by atoms with E-state index in [4.69, 9.17) is 5.11 Å². The summed E-state index contributed by atoms with van der Waals surface area (Å²) in [5.41, 5.74) is 0. The summed E-state index contributed by atoms with van der Waals surface area (Å²) in [6.45, 7) is 0. The molecule has 2 fully saturated rings. The van der Waals surface area contributed by atoms with E-state index in [9.17, 15) is 9.59 Å². The molecule has 0 aromatic rings. The Morgan fingerprint density at radius 1 is 1.12 bits per heavy atom. The first kappa shape index (κ1) is 10.8. The highest BCUT2D eigenvalue weighted by molar-refractivity contribution is 5.81. The molecule has 2 saturated carbocycles. The van der Waals surface area contributed by atoms with Crippen molar-refractivity contribution in [1.82, 2.24) is 5.32 Å². The first-order valence-corrected chi connectivity index (χ1v) is 6.35. The van der Waals surface area contributed by atoms with Crippen LogP contribution in [0, 0.1) is 23.7 Å². The van der Waals surface area contributed by atoms with Crippen molar-refractivity contribution in [3.8, 4) is 0 Å². The molecule has 0 aliphatic heterocycles. The Bertz CT molecular complexity index is 384. The number of carbonyl (C=O) groups is 2. The molecule has 3 atom stereocenters. The predicted octanol–water partition coefficient (Wildman–Crippen LogP) is 1.18. The van der Waals surface area contributed by atoms with Gasteiger partial charge in [-0.1, -0.05) is 12.2 Å². The first-order valence-electron chi connectivity index (χ1n) is 6.35. The number of hydrogen-bond donors (Lipinski definition) is 2. The number of amides is 1. The molecular formula is C13H17NO3. The Kier molecular flexibility index (Phi) is 2.45. The van der Waals surface area contributed by atoms with Gasteiger partial charge in [-0.3, -0.25) is 9.59 Å². The van der Waals surface area contributed by atoms with Crippen molar-refractivity contribution < 1.29 is 14.7 Å². The maximum Gasteiger partial charge on any atom is 0.306 e. The van der Waals surface area contributed by atoms with E-state index in [2.05, 4.69) is 17.5 Å². The van der Waals surface area contributed by atoms with Crippen LogP contribution in [-0.4, -0.2) is 23.0 Å². The third-order valence-corrected chi connectivity index (χ3v) is 4.45. The van der Waals surface area contributed by atoms with Gasteiger partial charge in [0.25, 0.3) is 0 Å². The van der Waals surface area contributed by atoms with E-state index in [0.29, 0.717) is 24.7 Å². The maximum atomic E-state index is 12.0. The minimum absolute atomic E-state index is 0.0895. The van der Waals surface area contributed by atoms with Gasteiger partial charge >= 0.3 is 5.97 Å². The summed E-state index contributed by atoms with van der Waals surface area (Å²) in [5, 5.41) is 11.8. The van der Waals surface area contributed by atoms with Gasteiger partial charge in [-0.05, 0) is 37.5 Å². The second-order valence-corrected chi connectivity index (χ2v) is 5.60. The molecule has 0 unspecified atom stereocenters. The van der Waals surface area contributed by atoms with Gasteiger partial charge in [-0.15, -0.1) is 0 Å². The molecule has 92 valence electrons. The Balaban J connectivity index is 1.49. The fourth-order valence-corrected chi connectivity index (χ4v) is 3.33. The van der Waals surface area contributed by atoms with Crippen LogP contribution in [0.1, 0.15) is 25.7 Å². The normalized spacial score (nSPS) is 42.2. The number of nitrogens with one attached hydrogen (secondary N) is 1. The Morgan fingerprint density at radius 2 is 1.88 bits per heavy atom. The fourth-order valence-electron chi connectivity index (χ4n) is 3.33. The molecule has 4 heteroatoms. The number of aliphatic carboxylic acids is 1. The highest BCUT2D eigenvalue weighted by Crippen LogP contribution is 2.43. The maximum absolute atomic E-state index is 12.0. The lowest BCUT2D eigenvalue weighted by atomic mass is 9.80. The zero-order valence-corrected chi connectivity index (χ0v) is 9.63. The summed E-state index contributed by atoms with van der Waals surface area (Å²) in [4.78, 5) is 22.7. The molecule has 0 radical (unpaired) electrons. The molecule has 3 rings (SSSR count). The molecule has 0 aromatic heterocycles. The van der Waals surface area contributed by atoms with Crippen LogP contribution in [-0.2, 0) is 9.59 Å². The molecule has 0 aromatic carbocycles. The van der Waals surface area contributed by atoms with E-state index < -0.39 is 5.97 Å². The molecule has 4 nitrogen and oxygen atoms in total. The zero-order valence-electron chi connectivity index (χ0n) is 9.63. The van der Waals surface area contributed by atoms with Gasteiger partial charge in [-0.2, -0.15) is 0 Å². The van der Waals surface area contributed by atoms with E-state index in [1.807, 2.05) is 0 Å². The second kappa shape index (κ2) is 3.86. The summed E-state index contributed by atoms with van der Waals surface area (Å²) in [7, 11) is 0. The van der Waals surface area contributed by atoms with E-state index in [0.717, 1.165) is 12.8 Å². The SMILES string of the molecule is O=C(O)C1CC(NC(=O)[C@@H]2C[C@H]3C=C[C@H]2C3)C1. The van der Waals surface area contributed by atoms with Crippen molar-refractivity contribution in [1.29, 1.82) is 0 Å². The van der Waals surface area contributed by atoms with Crippen LogP contribution in [0.5, 0.6) is 0 Å². The van der Waals surface area contributed by atoms with Crippen LogP contribution in [0.3, 0.4) is 0 Å². The molecule has 3 aliphatic carbocycles. The lowest BCUT2D eigenvalue weighted by Crippen LogP contribution is -2.48. The lowest BCUT2D eigenvalue weighted by molar-refractivity contribution is -0.146. The zero-order chi connectivity index (χ0) is 12.0. The second-order valence-electron chi connectivity index (χ2n) is 5.60. The minimum atomic E-state index is -0.738. The van der Waals surface area contributed by atoms with E-state index in [1.165, 1.54) is 0 Å². The summed E-state index contributed by atoms with van der Waals surface area (Å²) in [5.74, 6) is 0.308. The molecule has 1 amide bonds. The van der Waals surface area contributed by atoms with Crippen LogP contribution in [0.25, 0.3) is 0 Å². The average molecular weight is 235 g/mol. The summed E-state index contributed by atoms with van der Waals surface area (Å²) in [6.07, 6.45) is 7.68. The van der Waals surface area contributed by atoms with Crippen LogP contribution in [0.4, 0.5) is 0 Å². The van der Waals surface area contributed by atoms with Crippen LogP contribution in [0.15, 0.2) is 12.2 Å². The van der Waals surface area contributed by atoms with Gasteiger partial charge in [0.05, 0.1) is 5.92 Å². The Hall–Kier alpha value is -1.32. The molecular weight excluding hydrogens is 218 g/mol. The Labute approximate surface area is 100 Å². The van der Waals surface area contributed by atoms with Gasteiger partial charge in [-0.25, -0.2) is 0 Å². The van der Waals surface area contributed by atoms with Gasteiger partial charge in [0.1, 0.15) is 0 Å². The first-order chi connectivity index (χ1) is 8.13. The predicted molar refractivity (Wildman–Crippen MR) is 61.1 cm³/mol.